The lowest BCUT2D eigenvalue weighted by Crippen LogP contribution is -2.16. The summed E-state index contributed by atoms with van der Waals surface area (Å²) < 4.78 is 39.3. The highest BCUT2D eigenvalue weighted by atomic mass is 32.2. The summed E-state index contributed by atoms with van der Waals surface area (Å²) in [6.07, 6.45) is 8.34. The molecule has 0 spiro atoms. The van der Waals surface area contributed by atoms with E-state index >= 15 is 0 Å². The number of ether oxygens (including phenoxy) is 1. The van der Waals surface area contributed by atoms with Gasteiger partial charge in [-0.25, -0.2) is 8.42 Å². The smallest absolute Gasteiger partial charge is 0.262 e. The molecule has 0 amide bonds. The topological polar surface area (TPSA) is 81.4 Å². The van der Waals surface area contributed by atoms with E-state index in [1.165, 1.54) is 32.1 Å². The summed E-state index contributed by atoms with van der Waals surface area (Å²) in [5.41, 5.74) is 1.04. The molecule has 1 aromatic heterocycles. The molecule has 1 aromatic carbocycles. The Labute approximate surface area is 160 Å². The number of hydrogen-bond donors (Lipinski definition) is 1. The molecule has 2 aliphatic carbocycles. The van der Waals surface area contributed by atoms with E-state index in [1.807, 2.05) is 0 Å². The van der Waals surface area contributed by atoms with Crippen LogP contribution in [-0.4, -0.2) is 20.2 Å². The van der Waals surface area contributed by atoms with Crippen molar-refractivity contribution in [1.82, 2.24) is 5.16 Å². The Balaban J connectivity index is 1.42. The summed E-state index contributed by atoms with van der Waals surface area (Å²) in [6, 6.07) is 6.61. The Kier molecular flexibility index (Phi) is 5.12. The van der Waals surface area contributed by atoms with Crippen LogP contribution in [0.4, 0.5) is 5.69 Å². The summed E-state index contributed by atoms with van der Waals surface area (Å²) >= 11 is 0. The predicted octanol–water partition coefficient (Wildman–Crippen LogP) is 4.62. The first-order valence-electron chi connectivity index (χ1n) is 9.75. The van der Waals surface area contributed by atoms with E-state index in [0.29, 0.717) is 35.4 Å². The summed E-state index contributed by atoms with van der Waals surface area (Å²) in [4.78, 5) is 0.204. The van der Waals surface area contributed by atoms with Crippen molar-refractivity contribution in [2.24, 2.45) is 5.92 Å². The quantitative estimate of drug-likeness (QED) is 0.746. The number of nitrogens with zero attached hydrogens (tertiary/aromatic N) is 1. The van der Waals surface area contributed by atoms with Gasteiger partial charge in [-0.3, -0.25) is 4.72 Å². The largest absolute Gasteiger partial charge is 0.493 e. The highest BCUT2D eigenvalue weighted by molar-refractivity contribution is 7.92. The Bertz CT molecular complexity index is 879. The van der Waals surface area contributed by atoms with Crippen LogP contribution in [-0.2, 0) is 10.0 Å². The van der Waals surface area contributed by atoms with Crippen LogP contribution in [0.25, 0.3) is 0 Å². The van der Waals surface area contributed by atoms with Gasteiger partial charge in [-0.1, -0.05) is 24.4 Å². The lowest BCUT2D eigenvalue weighted by molar-refractivity contribution is 0.209. The van der Waals surface area contributed by atoms with Crippen molar-refractivity contribution < 1.29 is 17.7 Å². The van der Waals surface area contributed by atoms with E-state index in [0.717, 1.165) is 12.8 Å². The van der Waals surface area contributed by atoms with E-state index in [2.05, 4.69) is 9.88 Å². The third-order valence-electron chi connectivity index (χ3n) is 5.42. The maximum absolute atomic E-state index is 12.7. The highest BCUT2D eigenvalue weighted by Gasteiger charge is 2.33. The van der Waals surface area contributed by atoms with Gasteiger partial charge in [-0.2, -0.15) is 0 Å². The molecule has 0 atom stereocenters. The number of benzene rings is 1. The number of hydrogen-bond acceptors (Lipinski definition) is 5. The van der Waals surface area contributed by atoms with E-state index in [4.69, 9.17) is 9.26 Å². The lowest BCUT2D eigenvalue weighted by atomic mass is 9.90. The van der Waals surface area contributed by atoms with Gasteiger partial charge in [-0.15, -0.1) is 0 Å². The Hall–Kier alpha value is -2.02. The second-order valence-corrected chi connectivity index (χ2v) is 9.36. The monoisotopic (exact) mass is 390 g/mol. The summed E-state index contributed by atoms with van der Waals surface area (Å²) in [7, 11) is -3.69. The molecule has 0 radical (unpaired) electrons. The van der Waals surface area contributed by atoms with Crippen LogP contribution in [0.15, 0.2) is 33.7 Å². The van der Waals surface area contributed by atoms with Crippen molar-refractivity contribution in [3.8, 4) is 5.75 Å². The van der Waals surface area contributed by atoms with Crippen LogP contribution < -0.4 is 9.46 Å². The van der Waals surface area contributed by atoms with Crippen molar-refractivity contribution in [1.29, 1.82) is 0 Å². The number of rotatable bonds is 7. The molecule has 2 aromatic rings. The minimum atomic E-state index is -3.69. The molecule has 1 heterocycles. The van der Waals surface area contributed by atoms with Crippen LogP contribution in [0, 0.1) is 12.8 Å². The SMILES string of the molecule is Cc1noc(C2CC2)c1NS(=O)(=O)c1ccc(OCC2CCCCC2)cc1. The van der Waals surface area contributed by atoms with Gasteiger partial charge in [0.15, 0.2) is 5.76 Å². The Morgan fingerprint density at radius 1 is 1.11 bits per heavy atom. The van der Waals surface area contributed by atoms with Crippen molar-refractivity contribution >= 4 is 15.7 Å². The number of nitrogens with one attached hydrogen (secondary N) is 1. The van der Waals surface area contributed by atoms with Gasteiger partial charge in [0.1, 0.15) is 17.1 Å². The Morgan fingerprint density at radius 3 is 2.48 bits per heavy atom. The van der Waals surface area contributed by atoms with E-state index in [1.54, 1.807) is 31.2 Å². The number of sulfonamides is 1. The lowest BCUT2D eigenvalue weighted by Gasteiger charge is -2.21. The normalized spacial score (nSPS) is 18.4. The number of anilines is 1. The number of aromatic nitrogens is 1. The second-order valence-electron chi connectivity index (χ2n) is 7.67. The van der Waals surface area contributed by atoms with Gasteiger partial charge in [0.25, 0.3) is 10.0 Å². The first kappa shape index (κ1) is 18.3. The fraction of sp³-hybridized carbons (Fsp3) is 0.550. The average molecular weight is 391 g/mol. The van der Waals surface area contributed by atoms with Gasteiger partial charge >= 0.3 is 0 Å². The van der Waals surface area contributed by atoms with Crippen LogP contribution in [0.1, 0.15) is 62.3 Å². The third kappa shape index (κ3) is 4.29. The van der Waals surface area contributed by atoms with E-state index < -0.39 is 10.0 Å². The van der Waals surface area contributed by atoms with E-state index in [-0.39, 0.29) is 10.8 Å². The molecule has 2 saturated carbocycles. The molecule has 146 valence electrons. The molecule has 7 heteroatoms. The van der Waals surface area contributed by atoms with Gasteiger partial charge < -0.3 is 9.26 Å². The molecule has 1 N–H and O–H groups in total. The first-order chi connectivity index (χ1) is 13.0. The Morgan fingerprint density at radius 2 is 1.81 bits per heavy atom. The molecule has 6 nitrogen and oxygen atoms in total. The van der Waals surface area contributed by atoms with Crippen LogP contribution in [0.2, 0.25) is 0 Å². The first-order valence-corrected chi connectivity index (χ1v) is 11.2. The third-order valence-corrected chi connectivity index (χ3v) is 6.78. The molecule has 0 unspecified atom stereocenters. The van der Waals surface area contributed by atoms with E-state index in [9.17, 15) is 8.42 Å². The molecule has 2 fully saturated rings. The van der Waals surface area contributed by atoms with Gasteiger partial charge in [0.05, 0.1) is 11.5 Å². The van der Waals surface area contributed by atoms with Gasteiger partial charge in [0.2, 0.25) is 0 Å². The summed E-state index contributed by atoms with van der Waals surface area (Å²) in [5, 5.41) is 3.92. The highest BCUT2D eigenvalue weighted by Crippen LogP contribution is 2.44. The molecule has 0 saturated heterocycles. The van der Waals surface area contributed by atoms with Crippen molar-refractivity contribution in [2.75, 3.05) is 11.3 Å². The second kappa shape index (κ2) is 7.54. The molecule has 0 aliphatic heterocycles. The fourth-order valence-corrected chi connectivity index (χ4v) is 4.74. The zero-order chi connectivity index (χ0) is 18.9. The molecule has 2 aliphatic rings. The summed E-state index contributed by atoms with van der Waals surface area (Å²) in [5.74, 6) is 2.24. The maximum atomic E-state index is 12.7. The minimum Gasteiger partial charge on any atom is -0.493 e. The molecular weight excluding hydrogens is 364 g/mol. The molecule has 0 bridgehead atoms. The zero-order valence-corrected chi connectivity index (χ0v) is 16.4. The predicted molar refractivity (Wildman–Crippen MR) is 103 cm³/mol. The van der Waals surface area contributed by atoms with Gasteiger partial charge in [-0.05, 0) is 62.8 Å². The minimum absolute atomic E-state index is 0.204. The summed E-state index contributed by atoms with van der Waals surface area (Å²) in [6.45, 7) is 2.45. The van der Waals surface area contributed by atoms with Crippen LogP contribution >= 0.6 is 0 Å². The zero-order valence-electron chi connectivity index (χ0n) is 15.6. The van der Waals surface area contributed by atoms with Gasteiger partial charge in [0, 0.05) is 5.92 Å². The van der Waals surface area contributed by atoms with Crippen molar-refractivity contribution in [2.45, 2.75) is 62.7 Å². The molecule has 27 heavy (non-hydrogen) atoms. The maximum Gasteiger partial charge on any atom is 0.262 e. The molecule has 4 rings (SSSR count). The van der Waals surface area contributed by atoms with Crippen LogP contribution in [0.3, 0.4) is 0 Å². The number of aryl methyl sites for hydroxylation is 1. The van der Waals surface area contributed by atoms with Crippen LogP contribution in [0.5, 0.6) is 5.75 Å². The standard InChI is InChI=1S/C20H26N2O4S/c1-14-19(20(26-21-14)16-7-8-16)22-27(23,24)18-11-9-17(10-12-18)25-13-15-5-3-2-4-6-15/h9-12,15-16,22H,2-8,13H2,1H3. The van der Waals surface area contributed by atoms with Crippen molar-refractivity contribution in [3.63, 3.8) is 0 Å². The average Bonchev–Trinajstić information content (AvgIpc) is 3.46. The van der Waals surface area contributed by atoms with Crippen molar-refractivity contribution in [3.05, 3.63) is 35.7 Å². The molecular formula is C20H26N2O4S. The fourth-order valence-electron chi connectivity index (χ4n) is 3.61.